The zero-order chi connectivity index (χ0) is 17.3. The minimum Gasteiger partial charge on any atom is -0.370 e. The Balaban J connectivity index is 1.82. The predicted molar refractivity (Wildman–Crippen MR) is 88.0 cm³/mol. The summed E-state index contributed by atoms with van der Waals surface area (Å²) in [7, 11) is -4.61. The second-order valence-electron chi connectivity index (χ2n) is 6.29. The molecule has 2 aliphatic heterocycles. The van der Waals surface area contributed by atoms with Gasteiger partial charge in [-0.3, -0.25) is 4.79 Å². The number of hydrogen-bond acceptors (Lipinski definition) is 5. The van der Waals surface area contributed by atoms with Gasteiger partial charge in [0.05, 0.1) is 17.0 Å². The largest absolute Gasteiger partial charge is 0.370 e. The molecule has 3 rings (SSSR count). The third kappa shape index (κ3) is 3.51. The van der Waals surface area contributed by atoms with Crippen LogP contribution in [0.3, 0.4) is 0 Å². The molecular formula is C16H18FN3O3S. The lowest BCUT2D eigenvalue weighted by molar-refractivity contribution is -0.117. The Morgan fingerprint density at radius 2 is 2.00 bits per heavy atom. The molecule has 2 fully saturated rings. The first-order chi connectivity index (χ1) is 11.4. The SMILES string of the molecule is N#Cc1cc(N2CC(CS(=O)(=O)F)CC2=O)ccc1N1CCCC1. The lowest BCUT2D eigenvalue weighted by Gasteiger charge is -2.22. The number of nitrogens with zero attached hydrogens (tertiary/aromatic N) is 3. The van der Waals surface area contributed by atoms with Gasteiger partial charge in [-0.05, 0) is 31.0 Å². The number of anilines is 2. The van der Waals surface area contributed by atoms with E-state index in [9.17, 15) is 22.4 Å². The molecule has 0 aliphatic carbocycles. The Bertz CT molecular complexity index is 797. The number of benzene rings is 1. The molecule has 2 saturated heterocycles. The van der Waals surface area contributed by atoms with Gasteiger partial charge in [-0.2, -0.15) is 13.7 Å². The summed E-state index contributed by atoms with van der Waals surface area (Å²) >= 11 is 0. The quantitative estimate of drug-likeness (QED) is 0.773. The molecule has 0 radical (unpaired) electrons. The van der Waals surface area contributed by atoms with Crippen molar-refractivity contribution in [2.45, 2.75) is 19.3 Å². The molecule has 0 bridgehead atoms. The van der Waals surface area contributed by atoms with E-state index >= 15 is 0 Å². The highest BCUT2D eigenvalue weighted by molar-refractivity contribution is 7.86. The average Bonchev–Trinajstić information content (AvgIpc) is 3.15. The molecule has 1 atom stereocenters. The van der Waals surface area contributed by atoms with Crippen LogP contribution in [-0.2, 0) is 15.0 Å². The van der Waals surface area contributed by atoms with Crippen molar-refractivity contribution in [3.05, 3.63) is 23.8 Å². The normalized spacial score (nSPS) is 21.3. The molecule has 128 valence electrons. The van der Waals surface area contributed by atoms with E-state index in [1.165, 1.54) is 4.90 Å². The summed E-state index contributed by atoms with van der Waals surface area (Å²) in [5, 5.41) is 9.41. The van der Waals surface area contributed by atoms with Crippen molar-refractivity contribution < 1.29 is 17.1 Å². The molecule has 0 N–H and O–H groups in total. The van der Waals surface area contributed by atoms with Crippen molar-refractivity contribution >= 4 is 27.5 Å². The first-order valence-electron chi connectivity index (χ1n) is 7.89. The summed E-state index contributed by atoms with van der Waals surface area (Å²) in [6, 6.07) is 7.40. The van der Waals surface area contributed by atoms with Crippen LogP contribution in [0.4, 0.5) is 15.3 Å². The highest BCUT2D eigenvalue weighted by Crippen LogP contribution is 2.31. The third-order valence-corrected chi connectivity index (χ3v) is 5.37. The average molecular weight is 351 g/mol. The van der Waals surface area contributed by atoms with Gasteiger partial charge in [0.25, 0.3) is 0 Å². The Labute approximate surface area is 140 Å². The van der Waals surface area contributed by atoms with Crippen LogP contribution in [0.2, 0.25) is 0 Å². The number of rotatable bonds is 4. The summed E-state index contributed by atoms with van der Waals surface area (Å²) in [6.07, 6.45) is 2.19. The number of carbonyl (C=O) groups is 1. The van der Waals surface area contributed by atoms with E-state index in [1.807, 2.05) is 6.07 Å². The van der Waals surface area contributed by atoms with Crippen LogP contribution >= 0.6 is 0 Å². The topological polar surface area (TPSA) is 81.5 Å². The lowest BCUT2D eigenvalue weighted by atomic mass is 10.1. The summed E-state index contributed by atoms with van der Waals surface area (Å²) in [5.41, 5.74) is 1.90. The first kappa shape index (κ1) is 16.7. The fourth-order valence-electron chi connectivity index (χ4n) is 3.44. The molecule has 1 amide bonds. The van der Waals surface area contributed by atoms with Crippen LogP contribution < -0.4 is 9.80 Å². The summed E-state index contributed by atoms with van der Waals surface area (Å²) in [4.78, 5) is 15.7. The van der Waals surface area contributed by atoms with Crippen LogP contribution in [0.5, 0.6) is 0 Å². The highest BCUT2D eigenvalue weighted by Gasteiger charge is 2.34. The van der Waals surface area contributed by atoms with E-state index in [1.54, 1.807) is 12.1 Å². The lowest BCUT2D eigenvalue weighted by Crippen LogP contribution is -2.26. The van der Waals surface area contributed by atoms with Gasteiger partial charge in [-0.15, -0.1) is 3.89 Å². The maximum atomic E-state index is 12.8. The van der Waals surface area contributed by atoms with Crippen molar-refractivity contribution in [2.24, 2.45) is 5.92 Å². The van der Waals surface area contributed by atoms with E-state index in [-0.39, 0.29) is 18.9 Å². The Morgan fingerprint density at radius 1 is 1.29 bits per heavy atom. The van der Waals surface area contributed by atoms with Crippen molar-refractivity contribution in [3.63, 3.8) is 0 Å². The number of nitriles is 1. The van der Waals surface area contributed by atoms with Crippen LogP contribution in [0, 0.1) is 17.2 Å². The Kier molecular flexibility index (Phi) is 4.45. The molecule has 1 aromatic rings. The van der Waals surface area contributed by atoms with E-state index in [0.29, 0.717) is 11.3 Å². The number of carbonyl (C=O) groups excluding carboxylic acids is 1. The zero-order valence-electron chi connectivity index (χ0n) is 13.1. The third-order valence-electron chi connectivity index (χ3n) is 4.50. The van der Waals surface area contributed by atoms with Gasteiger partial charge in [-0.25, -0.2) is 0 Å². The van der Waals surface area contributed by atoms with Crippen molar-refractivity contribution in [2.75, 3.05) is 35.2 Å². The second kappa shape index (κ2) is 6.40. The molecule has 6 nitrogen and oxygen atoms in total. The molecule has 0 spiro atoms. The molecule has 2 heterocycles. The molecule has 24 heavy (non-hydrogen) atoms. The Hall–Kier alpha value is -2.14. The van der Waals surface area contributed by atoms with Gasteiger partial charge < -0.3 is 9.80 Å². The predicted octanol–water partition coefficient (Wildman–Crippen LogP) is 1.81. The Morgan fingerprint density at radius 3 is 2.62 bits per heavy atom. The number of amides is 1. The minimum absolute atomic E-state index is 0.00108. The fraction of sp³-hybridized carbons (Fsp3) is 0.500. The molecule has 2 aliphatic rings. The minimum atomic E-state index is -4.61. The number of hydrogen-bond donors (Lipinski definition) is 0. The van der Waals surface area contributed by atoms with E-state index in [0.717, 1.165) is 31.6 Å². The fourth-order valence-corrected chi connectivity index (χ4v) is 4.23. The van der Waals surface area contributed by atoms with Gasteiger partial charge in [0.2, 0.25) is 5.91 Å². The van der Waals surface area contributed by atoms with Crippen molar-refractivity contribution in [1.82, 2.24) is 0 Å². The summed E-state index contributed by atoms with van der Waals surface area (Å²) in [5.74, 6) is -1.45. The maximum absolute atomic E-state index is 12.8. The number of halogens is 1. The standard InChI is InChI=1S/C16H18FN3O3S/c17-24(22,23)11-12-7-16(21)20(10-12)14-3-4-15(13(8-14)9-18)19-5-1-2-6-19/h3-4,8,12H,1-2,5-7,10-11H2. The van der Waals surface area contributed by atoms with E-state index in [2.05, 4.69) is 11.0 Å². The first-order valence-corrected chi connectivity index (χ1v) is 9.44. The smallest absolute Gasteiger partial charge is 0.302 e. The van der Waals surface area contributed by atoms with Crippen LogP contribution in [-0.4, -0.2) is 39.7 Å². The summed E-state index contributed by atoms with van der Waals surface area (Å²) in [6.45, 7) is 1.97. The molecule has 8 heteroatoms. The van der Waals surface area contributed by atoms with Gasteiger partial charge in [0.15, 0.2) is 0 Å². The van der Waals surface area contributed by atoms with Gasteiger partial charge in [0, 0.05) is 37.7 Å². The molecular weight excluding hydrogens is 333 g/mol. The van der Waals surface area contributed by atoms with E-state index in [4.69, 9.17) is 0 Å². The van der Waals surface area contributed by atoms with Gasteiger partial charge in [-0.1, -0.05) is 0 Å². The van der Waals surface area contributed by atoms with Crippen molar-refractivity contribution in [3.8, 4) is 6.07 Å². The second-order valence-corrected chi connectivity index (χ2v) is 7.70. The van der Waals surface area contributed by atoms with E-state index < -0.39 is 21.9 Å². The van der Waals surface area contributed by atoms with Crippen LogP contribution in [0.15, 0.2) is 18.2 Å². The van der Waals surface area contributed by atoms with Crippen LogP contribution in [0.25, 0.3) is 0 Å². The summed E-state index contributed by atoms with van der Waals surface area (Å²) < 4.78 is 34.4. The van der Waals surface area contributed by atoms with Crippen molar-refractivity contribution in [1.29, 1.82) is 5.26 Å². The van der Waals surface area contributed by atoms with Gasteiger partial charge in [0.1, 0.15) is 6.07 Å². The molecule has 1 aromatic carbocycles. The highest BCUT2D eigenvalue weighted by atomic mass is 32.3. The molecule has 1 unspecified atom stereocenters. The molecule has 0 saturated carbocycles. The van der Waals surface area contributed by atoms with Crippen LogP contribution in [0.1, 0.15) is 24.8 Å². The maximum Gasteiger partial charge on any atom is 0.302 e. The monoisotopic (exact) mass is 351 g/mol. The zero-order valence-corrected chi connectivity index (χ0v) is 13.9. The van der Waals surface area contributed by atoms with Gasteiger partial charge >= 0.3 is 10.2 Å². The molecule has 0 aromatic heterocycles.